The van der Waals surface area contributed by atoms with E-state index in [0.717, 1.165) is 10.9 Å². The second kappa shape index (κ2) is 3.88. The van der Waals surface area contributed by atoms with Crippen LogP contribution in [0.25, 0.3) is 22.0 Å². The Balaban J connectivity index is 2.18. The third kappa shape index (κ3) is 1.74. The molecule has 0 aliphatic rings. The third-order valence-electron chi connectivity index (χ3n) is 3.15. The lowest BCUT2D eigenvalue weighted by Crippen LogP contribution is -1.84. The number of rotatable bonds is 1. The molecule has 0 amide bonds. The summed E-state index contributed by atoms with van der Waals surface area (Å²) >= 11 is 0. The first-order valence-electron chi connectivity index (χ1n) is 5.96. The molecule has 0 radical (unpaired) electrons. The number of nitrogen functional groups attached to an aromatic ring is 1. The van der Waals surface area contributed by atoms with Crippen LogP contribution in [0.3, 0.4) is 0 Å². The number of aromatic amines is 1. The molecular weight excluding hydrogens is 222 g/mol. The van der Waals surface area contributed by atoms with Crippen molar-refractivity contribution in [3.8, 4) is 11.1 Å². The minimum Gasteiger partial charge on any atom is -0.382 e. The Morgan fingerprint density at radius 1 is 0.944 bits per heavy atom. The fourth-order valence-electron chi connectivity index (χ4n) is 2.36. The Kier molecular flexibility index (Phi) is 2.33. The maximum Gasteiger partial charge on any atom is 0.153 e. The van der Waals surface area contributed by atoms with E-state index >= 15 is 0 Å². The highest BCUT2D eigenvalue weighted by Gasteiger charge is 2.05. The van der Waals surface area contributed by atoms with Gasteiger partial charge < -0.3 is 5.73 Å². The molecule has 3 nitrogen and oxygen atoms in total. The molecule has 0 saturated heterocycles. The van der Waals surface area contributed by atoms with Crippen LogP contribution in [0, 0.1) is 13.8 Å². The quantitative estimate of drug-likeness (QED) is 0.681. The van der Waals surface area contributed by atoms with E-state index in [1.165, 1.54) is 22.3 Å². The lowest BCUT2D eigenvalue weighted by atomic mass is 10.00. The molecule has 3 heteroatoms. The van der Waals surface area contributed by atoms with Crippen molar-refractivity contribution < 1.29 is 0 Å². The molecule has 3 N–H and O–H groups in total. The number of H-pyrrole nitrogens is 1. The number of nitrogens with one attached hydrogen (secondary N) is 1. The van der Waals surface area contributed by atoms with Crippen LogP contribution in [0.1, 0.15) is 11.1 Å². The van der Waals surface area contributed by atoms with E-state index in [-0.39, 0.29) is 0 Å². The predicted octanol–water partition coefficient (Wildman–Crippen LogP) is 3.43. The van der Waals surface area contributed by atoms with Crippen molar-refractivity contribution in [2.75, 3.05) is 5.73 Å². The second-order valence-corrected chi connectivity index (χ2v) is 4.75. The van der Waals surface area contributed by atoms with E-state index in [1.54, 1.807) is 0 Å². The van der Waals surface area contributed by atoms with E-state index in [4.69, 9.17) is 5.73 Å². The highest BCUT2D eigenvalue weighted by molar-refractivity contribution is 5.91. The first-order valence-corrected chi connectivity index (χ1v) is 5.96. The van der Waals surface area contributed by atoms with Gasteiger partial charge in [-0.25, -0.2) is 0 Å². The summed E-state index contributed by atoms with van der Waals surface area (Å²) in [5.74, 6) is 0.553. The lowest BCUT2D eigenvalue weighted by molar-refractivity contribution is 1.13. The van der Waals surface area contributed by atoms with E-state index in [2.05, 4.69) is 54.4 Å². The van der Waals surface area contributed by atoms with Crippen LogP contribution < -0.4 is 5.73 Å². The number of aryl methyl sites for hydroxylation is 2. The third-order valence-corrected chi connectivity index (χ3v) is 3.15. The number of hydrogen-bond acceptors (Lipinski definition) is 2. The standard InChI is InChI=1S/C15H15N3/c1-9-5-10(2)7-12(6-9)11-3-4-13-14(8-11)17-18-15(13)16/h3-8H,1-2H3,(H3,16,17,18). The van der Waals surface area contributed by atoms with Crippen molar-refractivity contribution in [2.24, 2.45) is 0 Å². The van der Waals surface area contributed by atoms with Crippen molar-refractivity contribution in [2.45, 2.75) is 13.8 Å². The highest BCUT2D eigenvalue weighted by Crippen LogP contribution is 2.27. The number of nitrogens with two attached hydrogens (primary N) is 1. The molecule has 0 atom stereocenters. The summed E-state index contributed by atoms with van der Waals surface area (Å²) in [6.45, 7) is 4.23. The molecule has 1 heterocycles. The van der Waals surface area contributed by atoms with Crippen molar-refractivity contribution in [1.82, 2.24) is 10.2 Å². The van der Waals surface area contributed by atoms with E-state index in [0.29, 0.717) is 5.82 Å². The van der Waals surface area contributed by atoms with Crippen LogP contribution in [0.5, 0.6) is 0 Å². The summed E-state index contributed by atoms with van der Waals surface area (Å²) in [7, 11) is 0. The average Bonchev–Trinajstić information content (AvgIpc) is 2.69. The van der Waals surface area contributed by atoms with Crippen LogP contribution in [0.2, 0.25) is 0 Å². The number of nitrogens with zero attached hydrogens (tertiary/aromatic N) is 1. The molecule has 0 spiro atoms. The average molecular weight is 237 g/mol. The minimum atomic E-state index is 0.553. The molecule has 3 rings (SSSR count). The fraction of sp³-hybridized carbons (Fsp3) is 0.133. The number of aromatic nitrogens is 2. The van der Waals surface area contributed by atoms with Crippen molar-refractivity contribution in [1.29, 1.82) is 0 Å². The molecule has 2 aromatic carbocycles. The Morgan fingerprint density at radius 2 is 1.67 bits per heavy atom. The Hall–Kier alpha value is -2.29. The maximum absolute atomic E-state index is 5.77. The van der Waals surface area contributed by atoms with Gasteiger partial charge in [0.25, 0.3) is 0 Å². The molecule has 0 fully saturated rings. The molecule has 0 aliphatic heterocycles. The first-order chi connectivity index (χ1) is 8.63. The van der Waals surface area contributed by atoms with Crippen LogP contribution in [-0.2, 0) is 0 Å². The van der Waals surface area contributed by atoms with Crippen LogP contribution in [0.4, 0.5) is 5.82 Å². The fourth-order valence-corrected chi connectivity index (χ4v) is 2.36. The van der Waals surface area contributed by atoms with E-state index in [9.17, 15) is 0 Å². The molecule has 1 aromatic heterocycles. The van der Waals surface area contributed by atoms with Gasteiger partial charge >= 0.3 is 0 Å². The number of anilines is 1. The van der Waals surface area contributed by atoms with Gasteiger partial charge in [0.15, 0.2) is 5.82 Å². The molecular formula is C15H15N3. The van der Waals surface area contributed by atoms with Gasteiger partial charge in [-0.1, -0.05) is 35.4 Å². The van der Waals surface area contributed by atoms with Crippen LogP contribution in [-0.4, -0.2) is 10.2 Å². The SMILES string of the molecule is Cc1cc(C)cc(-c2ccc3c(N)n[nH]c3c2)c1. The predicted molar refractivity (Wildman–Crippen MR) is 75.4 cm³/mol. The molecule has 0 bridgehead atoms. The zero-order valence-corrected chi connectivity index (χ0v) is 10.5. The summed E-state index contributed by atoms with van der Waals surface area (Å²) in [6, 6.07) is 12.7. The Labute approximate surface area is 106 Å². The monoisotopic (exact) mass is 237 g/mol. The zero-order chi connectivity index (χ0) is 12.7. The van der Waals surface area contributed by atoms with Crippen molar-refractivity contribution in [3.63, 3.8) is 0 Å². The number of benzene rings is 2. The van der Waals surface area contributed by atoms with Crippen LogP contribution in [0.15, 0.2) is 36.4 Å². The van der Waals surface area contributed by atoms with Crippen molar-refractivity contribution in [3.05, 3.63) is 47.5 Å². The summed E-state index contributed by atoms with van der Waals surface area (Å²) < 4.78 is 0. The van der Waals surface area contributed by atoms with Gasteiger partial charge in [0.1, 0.15) is 0 Å². The van der Waals surface area contributed by atoms with Gasteiger partial charge in [-0.15, -0.1) is 0 Å². The largest absolute Gasteiger partial charge is 0.382 e. The van der Waals surface area contributed by atoms with E-state index < -0.39 is 0 Å². The Bertz CT molecular complexity index is 705. The minimum absolute atomic E-state index is 0.553. The molecule has 0 aliphatic carbocycles. The number of hydrogen-bond donors (Lipinski definition) is 2. The van der Waals surface area contributed by atoms with E-state index in [1.807, 2.05) is 6.07 Å². The highest BCUT2D eigenvalue weighted by atomic mass is 15.1. The van der Waals surface area contributed by atoms with Gasteiger partial charge in [0, 0.05) is 5.39 Å². The maximum atomic E-state index is 5.77. The number of fused-ring (bicyclic) bond motifs is 1. The molecule has 18 heavy (non-hydrogen) atoms. The summed E-state index contributed by atoms with van der Waals surface area (Å²) in [5, 5.41) is 7.95. The van der Waals surface area contributed by atoms with Gasteiger partial charge in [-0.3, -0.25) is 5.10 Å². The molecule has 0 saturated carbocycles. The topological polar surface area (TPSA) is 54.7 Å². The second-order valence-electron chi connectivity index (χ2n) is 4.75. The van der Waals surface area contributed by atoms with Crippen LogP contribution >= 0.6 is 0 Å². The molecule has 0 unspecified atom stereocenters. The van der Waals surface area contributed by atoms with Gasteiger partial charge in [0.2, 0.25) is 0 Å². The van der Waals surface area contributed by atoms with Gasteiger partial charge in [-0.2, -0.15) is 5.10 Å². The smallest absolute Gasteiger partial charge is 0.153 e. The van der Waals surface area contributed by atoms with Gasteiger partial charge in [-0.05, 0) is 37.1 Å². The normalized spacial score (nSPS) is 11.0. The summed E-state index contributed by atoms with van der Waals surface area (Å²) in [5.41, 5.74) is 11.7. The molecule has 90 valence electrons. The first kappa shape index (κ1) is 10.8. The zero-order valence-electron chi connectivity index (χ0n) is 10.5. The lowest BCUT2D eigenvalue weighted by Gasteiger charge is -2.05. The Morgan fingerprint density at radius 3 is 2.39 bits per heavy atom. The van der Waals surface area contributed by atoms with Gasteiger partial charge in [0.05, 0.1) is 5.52 Å². The summed E-state index contributed by atoms with van der Waals surface area (Å²) in [6.07, 6.45) is 0. The summed E-state index contributed by atoms with van der Waals surface area (Å²) in [4.78, 5) is 0. The van der Waals surface area contributed by atoms with Crippen molar-refractivity contribution >= 4 is 16.7 Å². The molecule has 3 aromatic rings.